The van der Waals surface area contributed by atoms with Crippen LogP contribution in [-0.2, 0) is 4.79 Å². The number of rotatable bonds is 7. The standard InChI is InChI=1S/C18H21NO4/c1-4-22-15-10-8-14(9-11-15)19-18(20)13(2)23-17-7-5-6-16(12-17)21-3/h5-13H,4H2,1-3H3,(H,19,20)/t13-/m1/s1. The fourth-order valence-corrected chi connectivity index (χ4v) is 1.98. The number of nitrogens with one attached hydrogen (secondary N) is 1. The first kappa shape index (κ1) is 16.7. The number of anilines is 1. The van der Waals surface area contributed by atoms with Crippen molar-refractivity contribution in [2.75, 3.05) is 19.0 Å². The topological polar surface area (TPSA) is 56.8 Å². The third kappa shape index (κ3) is 4.92. The molecule has 1 atom stereocenters. The van der Waals surface area contributed by atoms with Gasteiger partial charge < -0.3 is 19.5 Å². The minimum absolute atomic E-state index is 0.225. The van der Waals surface area contributed by atoms with Gasteiger partial charge >= 0.3 is 0 Å². The van der Waals surface area contributed by atoms with E-state index in [-0.39, 0.29) is 5.91 Å². The van der Waals surface area contributed by atoms with E-state index in [2.05, 4.69) is 5.32 Å². The van der Waals surface area contributed by atoms with E-state index >= 15 is 0 Å². The molecule has 0 fully saturated rings. The van der Waals surface area contributed by atoms with Crippen molar-refractivity contribution in [2.45, 2.75) is 20.0 Å². The quantitative estimate of drug-likeness (QED) is 0.849. The zero-order valence-corrected chi connectivity index (χ0v) is 13.5. The number of hydrogen-bond acceptors (Lipinski definition) is 4. The van der Waals surface area contributed by atoms with Gasteiger partial charge in [-0.3, -0.25) is 4.79 Å². The zero-order chi connectivity index (χ0) is 16.7. The fraction of sp³-hybridized carbons (Fsp3) is 0.278. The third-order valence-electron chi connectivity index (χ3n) is 3.16. The molecular weight excluding hydrogens is 294 g/mol. The molecule has 2 rings (SSSR count). The summed E-state index contributed by atoms with van der Waals surface area (Å²) in [4.78, 5) is 12.2. The smallest absolute Gasteiger partial charge is 0.265 e. The van der Waals surface area contributed by atoms with Crippen LogP contribution >= 0.6 is 0 Å². The maximum absolute atomic E-state index is 12.2. The molecule has 0 unspecified atom stereocenters. The van der Waals surface area contributed by atoms with Gasteiger partial charge in [0.2, 0.25) is 0 Å². The molecule has 122 valence electrons. The molecule has 5 nitrogen and oxygen atoms in total. The maximum Gasteiger partial charge on any atom is 0.265 e. The Hall–Kier alpha value is -2.69. The Balaban J connectivity index is 1.93. The van der Waals surface area contributed by atoms with E-state index in [1.54, 1.807) is 38.3 Å². The van der Waals surface area contributed by atoms with Gasteiger partial charge in [-0.2, -0.15) is 0 Å². The van der Waals surface area contributed by atoms with Crippen LogP contribution in [-0.4, -0.2) is 25.7 Å². The number of methoxy groups -OCH3 is 1. The van der Waals surface area contributed by atoms with Gasteiger partial charge in [0, 0.05) is 11.8 Å². The molecule has 0 aliphatic carbocycles. The van der Waals surface area contributed by atoms with E-state index in [4.69, 9.17) is 14.2 Å². The van der Waals surface area contributed by atoms with Crippen molar-refractivity contribution < 1.29 is 19.0 Å². The van der Waals surface area contributed by atoms with Gasteiger partial charge in [0.15, 0.2) is 6.10 Å². The Labute approximate surface area is 136 Å². The summed E-state index contributed by atoms with van der Waals surface area (Å²) in [5, 5.41) is 2.81. The van der Waals surface area contributed by atoms with E-state index in [0.717, 1.165) is 5.75 Å². The van der Waals surface area contributed by atoms with Crippen LogP contribution in [0.5, 0.6) is 17.2 Å². The normalized spacial score (nSPS) is 11.4. The van der Waals surface area contributed by atoms with Crippen molar-refractivity contribution in [2.24, 2.45) is 0 Å². The fourth-order valence-electron chi connectivity index (χ4n) is 1.98. The second-order valence-corrected chi connectivity index (χ2v) is 4.89. The number of carbonyl (C=O) groups excluding carboxylic acids is 1. The van der Waals surface area contributed by atoms with Gasteiger partial charge in [-0.25, -0.2) is 0 Å². The highest BCUT2D eigenvalue weighted by Crippen LogP contribution is 2.21. The lowest BCUT2D eigenvalue weighted by atomic mass is 10.2. The molecule has 0 spiro atoms. The van der Waals surface area contributed by atoms with Crippen molar-refractivity contribution in [1.82, 2.24) is 0 Å². The first-order valence-corrected chi connectivity index (χ1v) is 7.46. The van der Waals surface area contributed by atoms with E-state index < -0.39 is 6.10 Å². The van der Waals surface area contributed by atoms with Crippen LogP contribution in [0.2, 0.25) is 0 Å². The molecule has 2 aromatic carbocycles. The van der Waals surface area contributed by atoms with Crippen LogP contribution in [0.4, 0.5) is 5.69 Å². The van der Waals surface area contributed by atoms with E-state index in [9.17, 15) is 4.79 Å². The average molecular weight is 315 g/mol. The minimum Gasteiger partial charge on any atom is -0.497 e. The van der Waals surface area contributed by atoms with Crippen molar-refractivity contribution >= 4 is 11.6 Å². The molecule has 5 heteroatoms. The minimum atomic E-state index is -0.631. The molecule has 0 saturated carbocycles. The molecule has 0 bridgehead atoms. The second kappa shape index (κ2) is 8.08. The molecule has 0 heterocycles. The Morgan fingerprint density at radius 2 is 1.78 bits per heavy atom. The van der Waals surface area contributed by atoms with Crippen molar-refractivity contribution in [3.8, 4) is 17.2 Å². The number of hydrogen-bond donors (Lipinski definition) is 1. The lowest BCUT2D eigenvalue weighted by Crippen LogP contribution is -2.30. The van der Waals surface area contributed by atoms with Gasteiger partial charge in [0.1, 0.15) is 17.2 Å². The van der Waals surface area contributed by atoms with Crippen LogP contribution in [0.25, 0.3) is 0 Å². The monoisotopic (exact) mass is 315 g/mol. The summed E-state index contributed by atoms with van der Waals surface area (Å²) in [6, 6.07) is 14.4. The Kier molecular flexibility index (Phi) is 5.86. The van der Waals surface area contributed by atoms with E-state index in [1.807, 2.05) is 31.2 Å². The SMILES string of the molecule is CCOc1ccc(NC(=O)[C@@H](C)Oc2cccc(OC)c2)cc1. The molecule has 0 saturated heterocycles. The number of ether oxygens (including phenoxy) is 3. The van der Waals surface area contributed by atoms with Gasteiger partial charge in [0.05, 0.1) is 13.7 Å². The van der Waals surface area contributed by atoms with Gasteiger partial charge in [-0.15, -0.1) is 0 Å². The molecule has 0 aliphatic rings. The number of carbonyl (C=O) groups is 1. The summed E-state index contributed by atoms with van der Waals surface area (Å²) in [5.74, 6) is 1.81. The van der Waals surface area contributed by atoms with Crippen LogP contribution in [0, 0.1) is 0 Å². The van der Waals surface area contributed by atoms with Crippen molar-refractivity contribution in [3.63, 3.8) is 0 Å². The summed E-state index contributed by atoms with van der Waals surface area (Å²) in [5.41, 5.74) is 0.694. The molecule has 23 heavy (non-hydrogen) atoms. The predicted octanol–water partition coefficient (Wildman–Crippen LogP) is 3.50. The highest BCUT2D eigenvalue weighted by molar-refractivity contribution is 5.94. The summed E-state index contributed by atoms with van der Waals surface area (Å²) >= 11 is 0. The lowest BCUT2D eigenvalue weighted by molar-refractivity contribution is -0.122. The summed E-state index contributed by atoms with van der Waals surface area (Å²) in [7, 11) is 1.58. The van der Waals surface area contributed by atoms with Crippen molar-refractivity contribution in [1.29, 1.82) is 0 Å². The summed E-state index contributed by atoms with van der Waals surface area (Å²) in [6.07, 6.45) is -0.631. The van der Waals surface area contributed by atoms with E-state index in [1.165, 1.54) is 0 Å². The third-order valence-corrected chi connectivity index (χ3v) is 3.16. The molecule has 0 radical (unpaired) electrons. The summed E-state index contributed by atoms with van der Waals surface area (Å²) in [6.45, 7) is 4.23. The molecule has 0 aliphatic heterocycles. The zero-order valence-electron chi connectivity index (χ0n) is 13.5. The lowest BCUT2D eigenvalue weighted by Gasteiger charge is -2.15. The number of benzene rings is 2. The first-order chi connectivity index (χ1) is 11.1. The van der Waals surface area contributed by atoms with Crippen LogP contribution in [0.1, 0.15) is 13.8 Å². The summed E-state index contributed by atoms with van der Waals surface area (Å²) < 4.78 is 16.1. The van der Waals surface area contributed by atoms with Gasteiger partial charge in [0.25, 0.3) is 5.91 Å². The Morgan fingerprint density at radius 1 is 1.09 bits per heavy atom. The van der Waals surface area contributed by atoms with Crippen LogP contribution in [0.3, 0.4) is 0 Å². The largest absolute Gasteiger partial charge is 0.497 e. The Bertz CT molecular complexity index is 640. The molecule has 2 aromatic rings. The highest BCUT2D eigenvalue weighted by atomic mass is 16.5. The molecule has 0 aromatic heterocycles. The van der Waals surface area contributed by atoms with Crippen LogP contribution in [0.15, 0.2) is 48.5 Å². The van der Waals surface area contributed by atoms with Crippen molar-refractivity contribution in [3.05, 3.63) is 48.5 Å². The second-order valence-electron chi connectivity index (χ2n) is 4.89. The van der Waals surface area contributed by atoms with Gasteiger partial charge in [-0.05, 0) is 50.2 Å². The molecule has 1 amide bonds. The highest BCUT2D eigenvalue weighted by Gasteiger charge is 2.15. The molecular formula is C18H21NO4. The maximum atomic E-state index is 12.2. The first-order valence-electron chi connectivity index (χ1n) is 7.46. The predicted molar refractivity (Wildman–Crippen MR) is 89.3 cm³/mol. The van der Waals surface area contributed by atoms with Crippen LogP contribution < -0.4 is 19.5 Å². The Morgan fingerprint density at radius 3 is 2.43 bits per heavy atom. The average Bonchev–Trinajstić information content (AvgIpc) is 2.57. The van der Waals surface area contributed by atoms with Gasteiger partial charge in [-0.1, -0.05) is 6.07 Å². The molecule has 1 N–H and O–H groups in total. The van der Waals surface area contributed by atoms with E-state index in [0.29, 0.717) is 23.8 Å². The number of amides is 1.